The third-order valence-corrected chi connectivity index (χ3v) is 9.97. The van der Waals surface area contributed by atoms with Gasteiger partial charge in [0.15, 0.2) is 5.52 Å². The predicted octanol–water partition coefficient (Wildman–Crippen LogP) is 4.46. The number of ether oxygens (including phenoxy) is 2. The lowest BCUT2D eigenvalue weighted by atomic mass is 9.93. The number of hydrogen-bond acceptors (Lipinski definition) is 9. The van der Waals surface area contributed by atoms with Gasteiger partial charge in [-0.25, -0.2) is 13.4 Å². The zero-order chi connectivity index (χ0) is 32.0. The van der Waals surface area contributed by atoms with E-state index in [4.69, 9.17) is 14.5 Å². The van der Waals surface area contributed by atoms with Gasteiger partial charge in [-0.15, -0.1) is 12.4 Å². The van der Waals surface area contributed by atoms with Gasteiger partial charge in [0.25, 0.3) is 5.56 Å². The molecule has 14 heteroatoms. The molecule has 0 spiro atoms. The Hall–Kier alpha value is -3.81. The lowest BCUT2D eigenvalue weighted by molar-refractivity contribution is -0.144. The van der Waals surface area contributed by atoms with E-state index in [2.05, 4.69) is 15.1 Å². The summed E-state index contributed by atoms with van der Waals surface area (Å²) in [6, 6.07) is 10.3. The van der Waals surface area contributed by atoms with Crippen LogP contribution in [0.5, 0.6) is 5.75 Å². The van der Waals surface area contributed by atoms with Crippen LogP contribution in [0.1, 0.15) is 57.3 Å². The first-order valence-corrected chi connectivity index (χ1v) is 16.9. The van der Waals surface area contributed by atoms with Crippen LogP contribution in [-0.4, -0.2) is 69.7 Å². The molecule has 1 aliphatic rings. The first kappa shape index (κ1) is 35.1. The smallest absolute Gasteiger partial charge is 0.305 e. The van der Waals surface area contributed by atoms with E-state index in [1.54, 1.807) is 19.3 Å². The molecule has 12 nitrogen and oxygen atoms in total. The minimum absolute atomic E-state index is 0. The van der Waals surface area contributed by atoms with Crippen molar-refractivity contribution in [2.75, 3.05) is 26.3 Å². The van der Waals surface area contributed by atoms with Gasteiger partial charge in [-0.05, 0) is 68.9 Å². The molecule has 0 atom stereocenters. The highest BCUT2D eigenvalue weighted by molar-refractivity contribution is 7.89. The normalized spacial score (nSPS) is 14.2. The van der Waals surface area contributed by atoms with Crippen LogP contribution < -0.4 is 10.3 Å². The van der Waals surface area contributed by atoms with Gasteiger partial charge in [0.05, 0.1) is 29.4 Å². The third kappa shape index (κ3) is 7.94. The van der Waals surface area contributed by atoms with E-state index in [0.717, 1.165) is 12.1 Å². The quantitative estimate of drug-likeness (QED) is 0.203. The summed E-state index contributed by atoms with van der Waals surface area (Å²) in [7, 11) is -2.13. The number of fused-ring (bicyclic) bond motifs is 1. The summed E-state index contributed by atoms with van der Waals surface area (Å²) in [6.07, 6.45) is 6.02. The summed E-state index contributed by atoms with van der Waals surface area (Å²) in [5.41, 5.74) is 2.47. The molecule has 0 saturated carbocycles. The van der Waals surface area contributed by atoms with E-state index in [1.165, 1.54) is 21.1 Å². The van der Waals surface area contributed by atoms with Crippen LogP contribution in [0.2, 0.25) is 0 Å². The summed E-state index contributed by atoms with van der Waals surface area (Å²) < 4.78 is 41.7. The highest BCUT2D eigenvalue weighted by Crippen LogP contribution is 2.33. The maximum atomic E-state index is 13.8. The Balaban J connectivity index is 0.00000480. The average molecular weight is 673 g/mol. The minimum atomic E-state index is -3.84. The van der Waals surface area contributed by atoms with Crippen molar-refractivity contribution < 1.29 is 22.7 Å². The molecule has 4 heterocycles. The average Bonchev–Trinajstić information content (AvgIpc) is 3.36. The van der Waals surface area contributed by atoms with Crippen molar-refractivity contribution in [1.82, 2.24) is 29.0 Å². The van der Waals surface area contributed by atoms with E-state index in [9.17, 15) is 18.0 Å². The number of hydrogen-bond donors (Lipinski definition) is 1. The maximum absolute atomic E-state index is 13.8. The Kier molecular flexibility index (Phi) is 11.9. The minimum Gasteiger partial charge on any atom is -0.493 e. The van der Waals surface area contributed by atoms with Crippen LogP contribution >= 0.6 is 12.4 Å². The molecule has 1 N–H and O–H groups in total. The molecule has 1 fully saturated rings. The van der Waals surface area contributed by atoms with Crippen LogP contribution in [0.4, 0.5) is 0 Å². The molecule has 1 saturated heterocycles. The molecule has 46 heavy (non-hydrogen) atoms. The topological polar surface area (TPSA) is 149 Å². The van der Waals surface area contributed by atoms with Gasteiger partial charge in [0, 0.05) is 44.9 Å². The van der Waals surface area contributed by atoms with Crippen LogP contribution in [-0.2, 0) is 39.4 Å². The Bertz CT molecular complexity index is 1800. The monoisotopic (exact) mass is 672 g/mol. The number of esters is 1. The molecule has 0 amide bonds. The van der Waals surface area contributed by atoms with Crippen LogP contribution in [0, 0.1) is 5.92 Å². The molecular weight excluding hydrogens is 632 g/mol. The number of piperidine rings is 1. The number of rotatable bonds is 13. The van der Waals surface area contributed by atoms with Crippen molar-refractivity contribution in [3.63, 3.8) is 0 Å². The number of halogens is 1. The maximum Gasteiger partial charge on any atom is 0.305 e. The number of aromatic amines is 1. The number of pyridine rings is 1. The van der Waals surface area contributed by atoms with Crippen molar-refractivity contribution in [3.05, 3.63) is 64.3 Å². The fraction of sp³-hybridized carbons (Fsp3) is 0.469. The van der Waals surface area contributed by atoms with Gasteiger partial charge < -0.3 is 14.5 Å². The molecule has 4 aromatic rings. The molecule has 0 unspecified atom stereocenters. The lowest BCUT2D eigenvalue weighted by Gasteiger charge is -2.31. The molecule has 5 rings (SSSR count). The zero-order valence-electron chi connectivity index (χ0n) is 26.4. The molecule has 0 aliphatic carbocycles. The number of aromatic nitrogens is 5. The van der Waals surface area contributed by atoms with Gasteiger partial charge in [-0.2, -0.15) is 9.40 Å². The van der Waals surface area contributed by atoms with Crippen molar-refractivity contribution in [2.24, 2.45) is 13.0 Å². The van der Waals surface area contributed by atoms with Crippen molar-refractivity contribution in [1.29, 1.82) is 0 Å². The first-order valence-electron chi connectivity index (χ1n) is 15.5. The molecular formula is C32H41ClN6O6S. The van der Waals surface area contributed by atoms with Crippen LogP contribution in [0.25, 0.3) is 22.4 Å². The Morgan fingerprint density at radius 1 is 1.11 bits per heavy atom. The number of nitrogens with zero attached hydrogens (tertiary/aromatic N) is 5. The Labute approximate surface area is 275 Å². The largest absolute Gasteiger partial charge is 0.493 e. The second-order valence-corrected chi connectivity index (χ2v) is 13.1. The van der Waals surface area contributed by atoms with Gasteiger partial charge in [-0.1, -0.05) is 19.4 Å². The van der Waals surface area contributed by atoms with E-state index in [-0.39, 0.29) is 47.2 Å². The highest BCUT2D eigenvalue weighted by atomic mass is 35.5. The first-order chi connectivity index (χ1) is 21.7. The molecule has 248 valence electrons. The summed E-state index contributed by atoms with van der Waals surface area (Å²) >= 11 is 0. The molecule has 1 aliphatic heterocycles. The highest BCUT2D eigenvalue weighted by Gasteiger charge is 2.31. The lowest BCUT2D eigenvalue weighted by Crippen LogP contribution is -2.38. The van der Waals surface area contributed by atoms with Gasteiger partial charge in [-0.3, -0.25) is 19.3 Å². The number of carbonyl (C=O) groups excluding carboxylic acids is 1. The van der Waals surface area contributed by atoms with E-state index < -0.39 is 10.0 Å². The molecule has 3 aromatic heterocycles. The van der Waals surface area contributed by atoms with Crippen LogP contribution in [0.15, 0.2) is 52.3 Å². The fourth-order valence-corrected chi connectivity index (χ4v) is 7.21. The summed E-state index contributed by atoms with van der Waals surface area (Å²) in [5, 5.41) is 4.48. The number of sulfonamides is 1. The predicted molar refractivity (Wildman–Crippen MR) is 177 cm³/mol. The standard InChI is InChI=1S/C32H40N6O6S.ClH/c1-4-8-26-29-30(37(3)36-26)32(40)35-31(34-29)25-21-24(11-12-27(25)43-5-2)45(41,42)38-18-14-22(15-19-38)10-13-28(39)44-20-16-23-9-6-7-17-33-23;/h6-7,9,11-12,17,21-22H,4-5,8,10,13-16,18-20H2,1-3H3,(H,34,35,40);1H. The second kappa shape index (κ2) is 15.7. The molecule has 0 bridgehead atoms. The number of carbonyl (C=O) groups is 1. The summed E-state index contributed by atoms with van der Waals surface area (Å²) in [5.74, 6) is 0.629. The second-order valence-electron chi connectivity index (χ2n) is 11.2. The third-order valence-electron chi connectivity index (χ3n) is 8.07. The SMILES string of the molecule is CCCc1nn(C)c2c(=O)[nH]c(-c3cc(S(=O)(=O)N4CCC(CCC(=O)OCCc5ccccn5)CC4)ccc3OCC)nc12.Cl. The number of benzene rings is 1. The van der Waals surface area contributed by atoms with Crippen molar-refractivity contribution >= 4 is 39.4 Å². The molecule has 0 radical (unpaired) electrons. The van der Waals surface area contributed by atoms with E-state index in [0.29, 0.717) is 86.3 Å². The van der Waals surface area contributed by atoms with E-state index in [1.807, 2.05) is 32.0 Å². The fourth-order valence-electron chi connectivity index (χ4n) is 5.71. The summed E-state index contributed by atoms with van der Waals surface area (Å²) in [4.78, 5) is 37.2. The van der Waals surface area contributed by atoms with Crippen molar-refractivity contribution in [2.45, 2.75) is 63.7 Å². The number of aryl methyl sites for hydroxylation is 2. The Morgan fingerprint density at radius 3 is 2.59 bits per heavy atom. The zero-order valence-corrected chi connectivity index (χ0v) is 28.0. The van der Waals surface area contributed by atoms with Crippen LogP contribution in [0.3, 0.4) is 0 Å². The number of nitrogens with one attached hydrogen (secondary N) is 1. The van der Waals surface area contributed by atoms with Gasteiger partial charge in [0.2, 0.25) is 10.0 Å². The number of H-pyrrole nitrogens is 1. The molecule has 1 aromatic carbocycles. The van der Waals surface area contributed by atoms with Gasteiger partial charge >= 0.3 is 5.97 Å². The van der Waals surface area contributed by atoms with Crippen molar-refractivity contribution in [3.8, 4) is 17.1 Å². The summed E-state index contributed by atoms with van der Waals surface area (Å²) in [6.45, 7) is 5.20. The van der Waals surface area contributed by atoms with E-state index >= 15 is 0 Å². The Morgan fingerprint density at radius 2 is 1.89 bits per heavy atom. The van der Waals surface area contributed by atoms with Gasteiger partial charge in [0.1, 0.15) is 17.1 Å².